The average Bonchev–Trinajstić information content (AvgIpc) is 3.21. The van der Waals surface area contributed by atoms with Gasteiger partial charge in [0.25, 0.3) is 0 Å². The van der Waals surface area contributed by atoms with Crippen LogP contribution in [-0.2, 0) is 13.6 Å². The van der Waals surface area contributed by atoms with Crippen LogP contribution in [0.25, 0.3) is 16.2 Å². The molecular weight excluding hydrogens is 327 g/mol. The van der Waals surface area contributed by atoms with Gasteiger partial charge in [0.05, 0.1) is 18.1 Å². The van der Waals surface area contributed by atoms with Gasteiger partial charge in [-0.15, -0.1) is 5.10 Å². The topological polar surface area (TPSA) is 60.0 Å². The zero-order valence-electron chi connectivity index (χ0n) is 13.2. The van der Waals surface area contributed by atoms with Gasteiger partial charge in [-0.25, -0.2) is 13.9 Å². The molecule has 0 radical (unpaired) electrons. The molecule has 0 aliphatic carbocycles. The molecule has 24 heavy (non-hydrogen) atoms. The summed E-state index contributed by atoms with van der Waals surface area (Å²) >= 11 is 1.48. The van der Waals surface area contributed by atoms with Crippen molar-refractivity contribution in [2.24, 2.45) is 7.05 Å². The van der Waals surface area contributed by atoms with E-state index in [4.69, 9.17) is 0 Å². The third-order valence-electron chi connectivity index (χ3n) is 3.95. The third-order valence-corrected chi connectivity index (χ3v) is 4.83. The number of fused-ring (bicyclic) bond motifs is 1. The van der Waals surface area contributed by atoms with Crippen molar-refractivity contribution in [3.05, 3.63) is 53.7 Å². The lowest BCUT2D eigenvalue weighted by Gasteiger charge is -2.01. The monoisotopic (exact) mass is 342 g/mol. The van der Waals surface area contributed by atoms with Gasteiger partial charge >= 0.3 is 0 Å². The number of hydrogen-bond donors (Lipinski definition) is 1. The Kier molecular flexibility index (Phi) is 3.53. The molecule has 0 atom stereocenters. The Morgan fingerprint density at radius 3 is 2.71 bits per heavy atom. The van der Waals surface area contributed by atoms with Gasteiger partial charge < -0.3 is 5.32 Å². The summed E-state index contributed by atoms with van der Waals surface area (Å²) in [6.45, 7) is 2.70. The molecule has 1 N–H and O–H groups in total. The van der Waals surface area contributed by atoms with Gasteiger partial charge in [-0.05, 0) is 31.2 Å². The first-order valence-electron chi connectivity index (χ1n) is 7.43. The fourth-order valence-electron chi connectivity index (χ4n) is 2.42. The van der Waals surface area contributed by atoms with Gasteiger partial charge in [0.15, 0.2) is 0 Å². The highest BCUT2D eigenvalue weighted by molar-refractivity contribution is 7.20. The lowest BCUT2D eigenvalue weighted by atomic mass is 10.2. The third kappa shape index (κ3) is 2.65. The summed E-state index contributed by atoms with van der Waals surface area (Å²) in [5.41, 5.74) is 3.91. The van der Waals surface area contributed by atoms with Crippen molar-refractivity contribution in [2.75, 3.05) is 5.32 Å². The lowest BCUT2D eigenvalue weighted by molar-refractivity contribution is 0.628. The van der Waals surface area contributed by atoms with E-state index in [-0.39, 0.29) is 5.82 Å². The highest BCUT2D eigenvalue weighted by Crippen LogP contribution is 2.25. The quantitative estimate of drug-likeness (QED) is 0.618. The standard InChI is InChI=1S/C16H15FN6S/c1-10-12(8-19-22(10)2)7-18-15-21-23-9-14(20-16(23)24-15)11-3-5-13(17)6-4-11/h3-6,8-9H,7H2,1-2H3,(H,18,21). The average molecular weight is 342 g/mol. The fourth-order valence-corrected chi connectivity index (χ4v) is 3.20. The Labute approximate surface area is 141 Å². The van der Waals surface area contributed by atoms with Crippen molar-refractivity contribution in [1.82, 2.24) is 24.4 Å². The SMILES string of the molecule is Cc1c(CNc2nn3cc(-c4ccc(F)cc4)nc3s2)cnn1C. The summed E-state index contributed by atoms with van der Waals surface area (Å²) in [5.74, 6) is -0.255. The van der Waals surface area contributed by atoms with Crippen LogP contribution in [0.2, 0.25) is 0 Å². The number of rotatable bonds is 4. The number of imidazole rings is 1. The Morgan fingerprint density at radius 1 is 1.25 bits per heavy atom. The normalized spacial score (nSPS) is 11.3. The molecule has 0 amide bonds. The maximum Gasteiger partial charge on any atom is 0.214 e. The van der Waals surface area contributed by atoms with Crippen LogP contribution in [0.1, 0.15) is 11.3 Å². The van der Waals surface area contributed by atoms with Crippen LogP contribution < -0.4 is 5.32 Å². The number of benzene rings is 1. The van der Waals surface area contributed by atoms with E-state index in [1.165, 1.54) is 23.5 Å². The highest BCUT2D eigenvalue weighted by atomic mass is 32.1. The Balaban J connectivity index is 1.53. The van der Waals surface area contributed by atoms with E-state index in [2.05, 4.69) is 20.5 Å². The van der Waals surface area contributed by atoms with E-state index in [0.717, 1.165) is 32.6 Å². The first-order chi connectivity index (χ1) is 11.6. The predicted octanol–water partition coefficient (Wildman–Crippen LogP) is 3.25. The van der Waals surface area contributed by atoms with Crippen LogP contribution in [-0.4, -0.2) is 24.4 Å². The maximum absolute atomic E-state index is 13.0. The van der Waals surface area contributed by atoms with Gasteiger partial charge in [-0.2, -0.15) is 5.10 Å². The van der Waals surface area contributed by atoms with Crippen molar-refractivity contribution in [2.45, 2.75) is 13.5 Å². The highest BCUT2D eigenvalue weighted by Gasteiger charge is 2.10. The number of aromatic nitrogens is 5. The zero-order valence-corrected chi connectivity index (χ0v) is 14.0. The molecule has 3 heterocycles. The molecule has 0 fully saturated rings. The lowest BCUT2D eigenvalue weighted by Crippen LogP contribution is -2.01. The molecule has 0 aliphatic rings. The molecule has 0 saturated carbocycles. The van der Waals surface area contributed by atoms with Crippen molar-refractivity contribution in [1.29, 1.82) is 0 Å². The second-order valence-electron chi connectivity index (χ2n) is 5.50. The minimum atomic E-state index is -0.255. The van der Waals surface area contributed by atoms with Gasteiger partial charge in [0.2, 0.25) is 10.1 Å². The smallest absolute Gasteiger partial charge is 0.214 e. The van der Waals surface area contributed by atoms with E-state index < -0.39 is 0 Å². The van der Waals surface area contributed by atoms with Crippen LogP contribution in [0.5, 0.6) is 0 Å². The van der Waals surface area contributed by atoms with E-state index in [1.54, 1.807) is 16.6 Å². The first-order valence-corrected chi connectivity index (χ1v) is 8.25. The number of nitrogens with one attached hydrogen (secondary N) is 1. The molecule has 0 spiro atoms. The summed E-state index contributed by atoms with van der Waals surface area (Å²) < 4.78 is 16.6. The Hall–Kier alpha value is -2.74. The number of aryl methyl sites for hydroxylation is 1. The summed E-state index contributed by atoms with van der Waals surface area (Å²) in [7, 11) is 1.92. The molecule has 122 valence electrons. The van der Waals surface area contributed by atoms with Crippen LogP contribution in [0.3, 0.4) is 0 Å². The Morgan fingerprint density at radius 2 is 2.04 bits per heavy atom. The molecule has 8 heteroatoms. The van der Waals surface area contributed by atoms with Crippen molar-refractivity contribution in [3.63, 3.8) is 0 Å². The molecule has 4 aromatic rings. The fraction of sp³-hybridized carbons (Fsp3) is 0.188. The summed E-state index contributed by atoms with van der Waals surface area (Å²) in [5, 5.41) is 12.8. The second kappa shape index (κ2) is 5.72. The van der Waals surface area contributed by atoms with E-state index in [1.807, 2.05) is 31.0 Å². The van der Waals surface area contributed by atoms with Crippen molar-refractivity contribution < 1.29 is 4.39 Å². The van der Waals surface area contributed by atoms with E-state index in [9.17, 15) is 4.39 Å². The zero-order chi connectivity index (χ0) is 16.7. The van der Waals surface area contributed by atoms with Crippen LogP contribution in [0.4, 0.5) is 9.52 Å². The second-order valence-corrected chi connectivity index (χ2v) is 6.46. The molecule has 3 aromatic heterocycles. The Bertz CT molecular complexity index is 966. The summed E-state index contributed by atoms with van der Waals surface area (Å²) in [6, 6.07) is 6.29. The van der Waals surface area contributed by atoms with Gasteiger partial charge in [-0.1, -0.05) is 11.3 Å². The van der Waals surface area contributed by atoms with E-state index in [0.29, 0.717) is 6.54 Å². The predicted molar refractivity (Wildman–Crippen MR) is 91.5 cm³/mol. The molecule has 0 saturated heterocycles. The summed E-state index contributed by atoms with van der Waals surface area (Å²) in [6.07, 6.45) is 3.70. The van der Waals surface area contributed by atoms with Crippen molar-refractivity contribution >= 4 is 21.4 Å². The minimum Gasteiger partial charge on any atom is -0.356 e. The van der Waals surface area contributed by atoms with E-state index >= 15 is 0 Å². The van der Waals surface area contributed by atoms with Crippen LogP contribution in [0, 0.1) is 12.7 Å². The molecule has 6 nitrogen and oxygen atoms in total. The maximum atomic E-state index is 13.0. The molecule has 4 rings (SSSR count). The molecule has 0 bridgehead atoms. The molecule has 0 aliphatic heterocycles. The molecular formula is C16H15FN6S. The number of nitrogens with zero attached hydrogens (tertiary/aromatic N) is 5. The first kappa shape index (κ1) is 14.8. The van der Waals surface area contributed by atoms with Gasteiger partial charge in [-0.3, -0.25) is 4.68 Å². The minimum absolute atomic E-state index is 0.255. The number of anilines is 1. The largest absolute Gasteiger partial charge is 0.356 e. The van der Waals surface area contributed by atoms with Crippen molar-refractivity contribution in [3.8, 4) is 11.3 Å². The summed E-state index contributed by atoms with van der Waals surface area (Å²) in [4.78, 5) is 5.34. The molecule has 1 aromatic carbocycles. The van der Waals surface area contributed by atoms with Gasteiger partial charge in [0.1, 0.15) is 5.82 Å². The molecule has 0 unspecified atom stereocenters. The van der Waals surface area contributed by atoms with Crippen LogP contribution in [0.15, 0.2) is 36.7 Å². The number of hydrogen-bond acceptors (Lipinski definition) is 5. The van der Waals surface area contributed by atoms with Gasteiger partial charge in [0, 0.05) is 30.4 Å². The van der Waals surface area contributed by atoms with Crippen LogP contribution >= 0.6 is 11.3 Å². The number of halogens is 1.